The number of hydrogen-bond donors (Lipinski definition) is 2. The van der Waals surface area contributed by atoms with Gasteiger partial charge in [0.2, 0.25) is 0 Å². The Morgan fingerprint density at radius 2 is 2.07 bits per heavy atom. The molecule has 0 aromatic heterocycles. The van der Waals surface area contributed by atoms with Gasteiger partial charge in [0.25, 0.3) is 5.91 Å². The van der Waals surface area contributed by atoms with E-state index in [1.165, 1.54) is 25.9 Å². The molecule has 150 valence electrons. The van der Waals surface area contributed by atoms with Gasteiger partial charge in [-0.3, -0.25) is 9.79 Å². The van der Waals surface area contributed by atoms with Crippen LogP contribution in [0.1, 0.15) is 35.7 Å². The summed E-state index contributed by atoms with van der Waals surface area (Å²) in [5, 5.41) is 6.76. The minimum atomic E-state index is 0.0364. The zero-order valence-electron chi connectivity index (χ0n) is 17.3. The second-order valence-electron chi connectivity index (χ2n) is 7.62. The molecule has 1 saturated heterocycles. The topological polar surface area (TPSA) is 60.0 Å². The van der Waals surface area contributed by atoms with Gasteiger partial charge >= 0.3 is 0 Å². The highest BCUT2D eigenvalue weighted by Crippen LogP contribution is 2.14. The molecule has 2 N–H and O–H groups in total. The number of hydrogen-bond acceptors (Lipinski definition) is 3. The Labute approximate surface area is 164 Å². The number of amides is 1. The molecule has 1 aromatic rings. The molecule has 2 rings (SSSR count). The van der Waals surface area contributed by atoms with Crippen LogP contribution in [-0.4, -0.2) is 75.5 Å². The van der Waals surface area contributed by atoms with Crippen molar-refractivity contribution >= 4 is 11.9 Å². The van der Waals surface area contributed by atoms with E-state index in [9.17, 15) is 4.79 Å². The van der Waals surface area contributed by atoms with Crippen LogP contribution in [0.25, 0.3) is 0 Å². The average molecular weight is 374 g/mol. The lowest BCUT2D eigenvalue weighted by Crippen LogP contribution is -2.44. The van der Waals surface area contributed by atoms with Crippen molar-refractivity contribution in [1.82, 2.24) is 20.4 Å². The number of carbonyl (C=O) groups is 1. The van der Waals surface area contributed by atoms with Crippen LogP contribution in [-0.2, 0) is 6.42 Å². The summed E-state index contributed by atoms with van der Waals surface area (Å²) in [5.41, 5.74) is 1.88. The molecular weight excluding hydrogens is 338 g/mol. The van der Waals surface area contributed by atoms with Crippen LogP contribution in [0.3, 0.4) is 0 Å². The third-order valence-electron chi connectivity index (χ3n) is 4.97. The van der Waals surface area contributed by atoms with E-state index in [2.05, 4.69) is 33.5 Å². The number of rotatable bonds is 7. The van der Waals surface area contributed by atoms with Crippen LogP contribution < -0.4 is 10.6 Å². The van der Waals surface area contributed by atoms with Gasteiger partial charge in [-0.05, 0) is 49.4 Å². The molecule has 1 fully saturated rings. The molecule has 6 heteroatoms. The van der Waals surface area contributed by atoms with Gasteiger partial charge in [0.15, 0.2) is 5.96 Å². The molecule has 0 aliphatic carbocycles. The summed E-state index contributed by atoms with van der Waals surface area (Å²) in [7, 11) is 5.35. The fraction of sp³-hybridized carbons (Fsp3) is 0.619. The van der Waals surface area contributed by atoms with E-state index >= 15 is 0 Å². The lowest BCUT2D eigenvalue weighted by atomic mass is 10.0. The number of guanidine groups is 1. The molecule has 0 bridgehead atoms. The Balaban J connectivity index is 1.71. The summed E-state index contributed by atoms with van der Waals surface area (Å²) in [6.07, 6.45) is 3.51. The summed E-state index contributed by atoms with van der Waals surface area (Å²) in [6.45, 7) is 7.48. The predicted octanol–water partition coefficient (Wildman–Crippen LogP) is 1.83. The van der Waals surface area contributed by atoms with Crippen LogP contribution in [0, 0.1) is 5.92 Å². The highest BCUT2D eigenvalue weighted by Gasteiger charge is 2.15. The zero-order valence-corrected chi connectivity index (χ0v) is 17.3. The van der Waals surface area contributed by atoms with Crippen LogP contribution in [0.2, 0.25) is 0 Å². The van der Waals surface area contributed by atoms with E-state index in [0.29, 0.717) is 0 Å². The zero-order chi connectivity index (χ0) is 19.6. The van der Waals surface area contributed by atoms with Gasteiger partial charge in [-0.1, -0.05) is 19.1 Å². The highest BCUT2D eigenvalue weighted by atomic mass is 16.2. The number of nitrogens with zero attached hydrogens (tertiary/aromatic N) is 3. The molecule has 1 aromatic carbocycles. The summed E-state index contributed by atoms with van der Waals surface area (Å²) in [6, 6.07) is 7.83. The summed E-state index contributed by atoms with van der Waals surface area (Å²) in [4.78, 5) is 20.5. The first kappa shape index (κ1) is 21.2. The van der Waals surface area contributed by atoms with Crippen molar-refractivity contribution in [3.8, 4) is 0 Å². The van der Waals surface area contributed by atoms with E-state index in [4.69, 9.17) is 0 Å². The van der Waals surface area contributed by atoms with Gasteiger partial charge in [-0.15, -0.1) is 0 Å². The maximum absolute atomic E-state index is 12.1. The Morgan fingerprint density at radius 1 is 1.30 bits per heavy atom. The molecule has 1 amide bonds. The monoisotopic (exact) mass is 373 g/mol. The van der Waals surface area contributed by atoms with Gasteiger partial charge in [-0.25, -0.2) is 0 Å². The molecule has 27 heavy (non-hydrogen) atoms. The number of piperidine rings is 1. The molecular formula is C21H35N5O. The second-order valence-corrected chi connectivity index (χ2v) is 7.62. The summed E-state index contributed by atoms with van der Waals surface area (Å²) < 4.78 is 0. The fourth-order valence-electron chi connectivity index (χ4n) is 3.49. The number of likely N-dealkylation sites (tertiary alicyclic amines) is 1. The molecule has 1 aliphatic heterocycles. The second kappa shape index (κ2) is 10.9. The van der Waals surface area contributed by atoms with Gasteiger partial charge in [0, 0.05) is 52.9 Å². The normalized spacial score (nSPS) is 18.2. The van der Waals surface area contributed by atoms with Crippen molar-refractivity contribution in [3.63, 3.8) is 0 Å². The van der Waals surface area contributed by atoms with Crippen molar-refractivity contribution in [2.24, 2.45) is 10.9 Å². The lowest BCUT2D eigenvalue weighted by molar-refractivity contribution is 0.0827. The fourth-order valence-corrected chi connectivity index (χ4v) is 3.49. The number of carbonyl (C=O) groups excluding carboxylic acids is 1. The smallest absolute Gasteiger partial charge is 0.253 e. The summed E-state index contributed by atoms with van der Waals surface area (Å²) in [5.74, 6) is 1.68. The molecule has 6 nitrogen and oxygen atoms in total. The van der Waals surface area contributed by atoms with Gasteiger partial charge in [-0.2, -0.15) is 0 Å². The number of aliphatic imine (C=N–C) groups is 1. The van der Waals surface area contributed by atoms with Crippen molar-refractivity contribution in [1.29, 1.82) is 0 Å². The van der Waals surface area contributed by atoms with Gasteiger partial charge in [0.1, 0.15) is 0 Å². The van der Waals surface area contributed by atoms with E-state index in [-0.39, 0.29) is 5.91 Å². The first-order valence-electron chi connectivity index (χ1n) is 9.97. The third kappa shape index (κ3) is 7.21. The molecule has 1 atom stereocenters. The predicted molar refractivity (Wildman–Crippen MR) is 112 cm³/mol. The van der Waals surface area contributed by atoms with Crippen molar-refractivity contribution < 1.29 is 4.79 Å². The third-order valence-corrected chi connectivity index (χ3v) is 4.97. The van der Waals surface area contributed by atoms with Crippen LogP contribution >= 0.6 is 0 Å². The Bertz CT molecular complexity index is 629. The first-order valence-corrected chi connectivity index (χ1v) is 9.97. The highest BCUT2D eigenvalue weighted by molar-refractivity contribution is 5.94. The molecule has 0 spiro atoms. The van der Waals surface area contributed by atoms with E-state index in [1.54, 1.807) is 26.0 Å². The van der Waals surface area contributed by atoms with Crippen molar-refractivity contribution in [2.75, 3.05) is 53.9 Å². The van der Waals surface area contributed by atoms with Crippen molar-refractivity contribution in [3.05, 3.63) is 35.4 Å². The minimum Gasteiger partial charge on any atom is -0.356 e. The minimum absolute atomic E-state index is 0.0364. The van der Waals surface area contributed by atoms with E-state index < -0.39 is 0 Å². The van der Waals surface area contributed by atoms with Gasteiger partial charge < -0.3 is 20.4 Å². The first-order chi connectivity index (χ1) is 13.0. The Hall–Kier alpha value is -2.08. The average Bonchev–Trinajstić information content (AvgIpc) is 2.66. The molecule has 0 saturated carbocycles. The molecule has 1 heterocycles. The van der Waals surface area contributed by atoms with Crippen LogP contribution in [0.5, 0.6) is 0 Å². The summed E-state index contributed by atoms with van der Waals surface area (Å²) >= 11 is 0. The Kier molecular flexibility index (Phi) is 8.58. The largest absolute Gasteiger partial charge is 0.356 e. The SMILES string of the molecule is CN=C(NCCc1cccc(C(=O)N(C)C)c1)NCCN1CCCC(C)C1. The standard InChI is InChI=1S/C21H35N5O/c1-17-7-6-13-26(16-17)14-12-24-21(22-2)23-11-10-18-8-5-9-19(15-18)20(27)25(3)4/h5,8-9,15,17H,6-7,10-14,16H2,1-4H3,(H2,22,23,24). The van der Waals surface area contributed by atoms with Crippen molar-refractivity contribution in [2.45, 2.75) is 26.2 Å². The number of benzene rings is 1. The van der Waals surface area contributed by atoms with Gasteiger partial charge in [0.05, 0.1) is 0 Å². The number of nitrogens with one attached hydrogen (secondary N) is 2. The van der Waals surface area contributed by atoms with E-state index in [1.807, 2.05) is 18.2 Å². The molecule has 1 unspecified atom stereocenters. The maximum Gasteiger partial charge on any atom is 0.253 e. The van der Waals surface area contributed by atoms with Crippen LogP contribution in [0.4, 0.5) is 0 Å². The molecule has 1 aliphatic rings. The molecule has 0 radical (unpaired) electrons. The lowest BCUT2D eigenvalue weighted by Gasteiger charge is -2.30. The quantitative estimate of drug-likeness (QED) is 0.565. The van der Waals surface area contributed by atoms with E-state index in [0.717, 1.165) is 49.1 Å². The van der Waals surface area contributed by atoms with Crippen LogP contribution in [0.15, 0.2) is 29.3 Å². The Morgan fingerprint density at radius 3 is 2.78 bits per heavy atom. The maximum atomic E-state index is 12.1.